The van der Waals surface area contributed by atoms with Crippen LogP contribution in [-0.4, -0.2) is 15.2 Å². The highest BCUT2D eigenvalue weighted by molar-refractivity contribution is 5.22. The molecule has 0 bridgehead atoms. The number of H-pyrrole nitrogens is 1. The normalized spacial score (nSPS) is 18.6. The molecule has 18 heavy (non-hydrogen) atoms. The first-order valence-electron chi connectivity index (χ1n) is 6.83. The summed E-state index contributed by atoms with van der Waals surface area (Å²) in [5.41, 5.74) is 4.04. The summed E-state index contributed by atoms with van der Waals surface area (Å²) in [6, 6.07) is 6.35. The van der Waals surface area contributed by atoms with Crippen molar-refractivity contribution in [2.45, 2.75) is 38.5 Å². The second-order valence-corrected chi connectivity index (χ2v) is 5.19. The number of aromatic nitrogens is 3. The van der Waals surface area contributed by atoms with Crippen LogP contribution in [0.2, 0.25) is 0 Å². The second kappa shape index (κ2) is 5.34. The predicted molar refractivity (Wildman–Crippen MR) is 71.3 cm³/mol. The minimum atomic E-state index is 0.815. The zero-order chi connectivity index (χ0) is 12.2. The molecule has 3 nitrogen and oxygen atoms in total. The smallest absolute Gasteiger partial charge is 0.0490 e. The van der Waals surface area contributed by atoms with Crippen molar-refractivity contribution in [1.29, 1.82) is 0 Å². The Labute approximate surface area is 108 Å². The Bertz CT molecular complexity index is 490. The molecule has 0 amide bonds. The van der Waals surface area contributed by atoms with Crippen molar-refractivity contribution in [2.75, 3.05) is 0 Å². The lowest BCUT2D eigenvalue weighted by molar-refractivity contribution is 0.408. The van der Waals surface area contributed by atoms with Crippen LogP contribution in [0.3, 0.4) is 0 Å². The number of nitrogens with one attached hydrogen (secondary N) is 1. The van der Waals surface area contributed by atoms with Crippen molar-refractivity contribution in [3.8, 4) is 0 Å². The lowest BCUT2D eigenvalue weighted by Gasteiger charge is -2.23. The summed E-state index contributed by atoms with van der Waals surface area (Å²) in [5.74, 6) is 0.815. The van der Waals surface area contributed by atoms with Gasteiger partial charge in [0.2, 0.25) is 0 Å². The third-order valence-corrected chi connectivity index (χ3v) is 3.91. The largest absolute Gasteiger partial charge is 0.283 e. The molecule has 1 atom stereocenters. The molecule has 0 fully saturated rings. The molecule has 94 valence electrons. The molecule has 2 heterocycles. The molecule has 0 saturated heterocycles. The average molecular weight is 241 g/mol. The zero-order valence-electron chi connectivity index (χ0n) is 10.6. The van der Waals surface area contributed by atoms with E-state index >= 15 is 0 Å². The third-order valence-electron chi connectivity index (χ3n) is 3.91. The average Bonchev–Trinajstić information content (AvgIpc) is 2.92. The Hall–Kier alpha value is -1.64. The Morgan fingerprint density at radius 1 is 1.28 bits per heavy atom. The summed E-state index contributed by atoms with van der Waals surface area (Å²) in [4.78, 5) is 4.51. The van der Waals surface area contributed by atoms with Gasteiger partial charge in [-0.3, -0.25) is 10.1 Å². The third kappa shape index (κ3) is 2.61. The number of aryl methyl sites for hydroxylation is 2. The van der Waals surface area contributed by atoms with Crippen LogP contribution in [0.4, 0.5) is 0 Å². The summed E-state index contributed by atoms with van der Waals surface area (Å²) in [6.07, 6.45) is 11.1. The number of aromatic amines is 1. The maximum absolute atomic E-state index is 4.51. The molecule has 2 aromatic rings. The minimum Gasteiger partial charge on any atom is -0.283 e. The molecule has 2 aromatic heterocycles. The Balaban J connectivity index is 1.51. The molecular weight excluding hydrogens is 222 g/mol. The van der Waals surface area contributed by atoms with Gasteiger partial charge in [-0.25, -0.2) is 0 Å². The maximum Gasteiger partial charge on any atom is 0.0490 e. The molecule has 0 aromatic carbocycles. The van der Waals surface area contributed by atoms with Crippen LogP contribution >= 0.6 is 0 Å². The standard InChI is InChI=1S/C15H19N3/c1(5-14-8-10-17-18-14)3-12-6-7-13-4-2-9-16-15(13)11-12/h2,4,8-10,12H,1,3,5-7,11H2,(H,17,18)/t12-/m1/s1. The fourth-order valence-corrected chi connectivity index (χ4v) is 2.87. The molecule has 1 aliphatic rings. The molecule has 0 unspecified atom stereocenters. The highest BCUT2D eigenvalue weighted by atomic mass is 15.1. The van der Waals surface area contributed by atoms with E-state index in [9.17, 15) is 0 Å². The van der Waals surface area contributed by atoms with Crippen LogP contribution in [-0.2, 0) is 19.3 Å². The monoisotopic (exact) mass is 241 g/mol. The van der Waals surface area contributed by atoms with E-state index in [4.69, 9.17) is 0 Å². The fraction of sp³-hybridized carbons (Fsp3) is 0.467. The lowest BCUT2D eigenvalue weighted by Crippen LogP contribution is -2.15. The first kappa shape index (κ1) is 11.5. The topological polar surface area (TPSA) is 41.6 Å². The van der Waals surface area contributed by atoms with Gasteiger partial charge in [-0.1, -0.05) is 6.07 Å². The van der Waals surface area contributed by atoms with Gasteiger partial charge in [-0.2, -0.15) is 5.10 Å². The van der Waals surface area contributed by atoms with Gasteiger partial charge in [-0.05, 0) is 62.1 Å². The van der Waals surface area contributed by atoms with Gasteiger partial charge in [0.05, 0.1) is 0 Å². The van der Waals surface area contributed by atoms with Gasteiger partial charge in [0, 0.05) is 23.8 Å². The van der Waals surface area contributed by atoms with Crippen LogP contribution in [0, 0.1) is 5.92 Å². The lowest BCUT2D eigenvalue weighted by atomic mass is 9.84. The first-order valence-corrected chi connectivity index (χ1v) is 6.83. The van der Waals surface area contributed by atoms with Gasteiger partial charge in [0.15, 0.2) is 0 Å². The van der Waals surface area contributed by atoms with E-state index in [2.05, 4.69) is 33.4 Å². The van der Waals surface area contributed by atoms with Crippen LogP contribution in [0.5, 0.6) is 0 Å². The molecule has 0 spiro atoms. The predicted octanol–water partition coefficient (Wildman–Crippen LogP) is 2.93. The highest BCUT2D eigenvalue weighted by Gasteiger charge is 2.18. The summed E-state index contributed by atoms with van der Waals surface area (Å²) in [7, 11) is 0. The van der Waals surface area contributed by atoms with Crippen molar-refractivity contribution in [2.24, 2.45) is 5.92 Å². The SMILES string of the molecule is c1cnc2c(c1)CC[C@@H](CCCc1ccn[nH]1)C2. The molecule has 0 saturated carbocycles. The van der Waals surface area contributed by atoms with Crippen molar-refractivity contribution in [3.63, 3.8) is 0 Å². The summed E-state index contributed by atoms with van der Waals surface area (Å²) < 4.78 is 0. The van der Waals surface area contributed by atoms with Gasteiger partial charge < -0.3 is 0 Å². The van der Waals surface area contributed by atoms with E-state index in [1.807, 2.05) is 12.4 Å². The zero-order valence-corrected chi connectivity index (χ0v) is 10.6. The Morgan fingerprint density at radius 3 is 3.17 bits per heavy atom. The van der Waals surface area contributed by atoms with Crippen molar-refractivity contribution in [3.05, 3.63) is 47.5 Å². The van der Waals surface area contributed by atoms with Crippen LogP contribution in [0.25, 0.3) is 0 Å². The Kier molecular flexibility index (Phi) is 3.40. The molecule has 0 aliphatic heterocycles. The number of nitrogens with zero attached hydrogens (tertiary/aromatic N) is 2. The second-order valence-electron chi connectivity index (χ2n) is 5.19. The van der Waals surface area contributed by atoms with E-state index in [1.54, 1.807) is 0 Å². The van der Waals surface area contributed by atoms with Crippen LogP contribution < -0.4 is 0 Å². The van der Waals surface area contributed by atoms with Crippen molar-refractivity contribution >= 4 is 0 Å². The van der Waals surface area contributed by atoms with E-state index in [0.29, 0.717) is 0 Å². The molecule has 1 N–H and O–H groups in total. The minimum absolute atomic E-state index is 0.815. The quantitative estimate of drug-likeness (QED) is 0.894. The van der Waals surface area contributed by atoms with E-state index in [0.717, 1.165) is 12.3 Å². The van der Waals surface area contributed by atoms with Crippen molar-refractivity contribution < 1.29 is 0 Å². The van der Waals surface area contributed by atoms with Gasteiger partial charge in [0.25, 0.3) is 0 Å². The maximum atomic E-state index is 4.51. The molecule has 0 radical (unpaired) electrons. The Morgan fingerprint density at radius 2 is 2.28 bits per heavy atom. The van der Waals surface area contributed by atoms with Crippen LogP contribution in [0.1, 0.15) is 36.2 Å². The highest BCUT2D eigenvalue weighted by Crippen LogP contribution is 2.27. The molecule has 1 aliphatic carbocycles. The van der Waals surface area contributed by atoms with E-state index < -0.39 is 0 Å². The number of hydrogen-bond acceptors (Lipinski definition) is 2. The van der Waals surface area contributed by atoms with E-state index in [1.165, 1.54) is 49.1 Å². The summed E-state index contributed by atoms with van der Waals surface area (Å²) >= 11 is 0. The van der Waals surface area contributed by atoms with Gasteiger partial charge >= 0.3 is 0 Å². The molecule has 3 heteroatoms. The molecule has 3 rings (SSSR count). The van der Waals surface area contributed by atoms with Gasteiger partial charge in [0.1, 0.15) is 0 Å². The van der Waals surface area contributed by atoms with Crippen LogP contribution in [0.15, 0.2) is 30.6 Å². The molecular formula is C15H19N3. The number of pyridine rings is 1. The van der Waals surface area contributed by atoms with E-state index in [-0.39, 0.29) is 0 Å². The first-order chi connectivity index (χ1) is 8.92. The van der Waals surface area contributed by atoms with Gasteiger partial charge in [-0.15, -0.1) is 0 Å². The van der Waals surface area contributed by atoms with Crippen molar-refractivity contribution in [1.82, 2.24) is 15.2 Å². The fourth-order valence-electron chi connectivity index (χ4n) is 2.87. The number of hydrogen-bond donors (Lipinski definition) is 1. The summed E-state index contributed by atoms with van der Waals surface area (Å²) in [6.45, 7) is 0. The number of rotatable bonds is 4. The number of fused-ring (bicyclic) bond motifs is 1. The summed E-state index contributed by atoms with van der Waals surface area (Å²) in [5, 5.41) is 7.01.